The van der Waals surface area contributed by atoms with Crippen LogP contribution in [0.2, 0.25) is 0 Å². The lowest BCUT2D eigenvalue weighted by Gasteiger charge is -2.16. The summed E-state index contributed by atoms with van der Waals surface area (Å²) < 4.78 is 14.3. The lowest BCUT2D eigenvalue weighted by atomic mass is 10.3. The van der Waals surface area contributed by atoms with Crippen molar-refractivity contribution in [3.63, 3.8) is 0 Å². The second kappa shape index (κ2) is 9.42. The van der Waals surface area contributed by atoms with Crippen molar-refractivity contribution >= 4 is 23.5 Å². The van der Waals surface area contributed by atoms with E-state index >= 15 is 0 Å². The van der Waals surface area contributed by atoms with Crippen LogP contribution >= 0.6 is 0 Å². The van der Waals surface area contributed by atoms with Gasteiger partial charge in [0.2, 0.25) is 5.91 Å². The van der Waals surface area contributed by atoms with Gasteiger partial charge in [-0.1, -0.05) is 6.07 Å². The predicted octanol–water partition coefficient (Wildman–Crippen LogP) is 0.282. The summed E-state index contributed by atoms with van der Waals surface area (Å²) in [7, 11) is 4.31. The third-order valence-electron chi connectivity index (χ3n) is 2.78. The molecule has 0 aliphatic rings. The molecule has 0 unspecified atom stereocenters. The number of hydrogen-bond donors (Lipinski definition) is 1. The highest BCUT2D eigenvalue weighted by Gasteiger charge is 2.15. The summed E-state index contributed by atoms with van der Waals surface area (Å²) >= 11 is 0. The SMILES string of the molecule is COCC(=O)OCC(=O)N(C)CC(=O)Nc1cccc(OC)c1. The molecule has 8 heteroatoms. The molecule has 1 N–H and O–H groups in total. The first-order chi connectivity index (χ1) is 11.0. The highest BCUT2D eigenvalue weighted by molar-refractivity contribution is 5.94. The number of hydrogen-bond acceptors (Lipinski definition) is 6. The molecule has 0 fully saturated rings. The van der Waals surface area contributed by atoms with Gasteiger partial charge in [-0.2, -0.15) is 0 Å². The Morgan fingerprint density at radius 3 is 2.57 bits per heavy atom. The van der Waals surface area contributed by atoms with Crippen molar-refractivity contribution in [2.75, 3.05) is 46.3 Å². The van der Waals surface area contributed by atoms with Gasteiger partial charge in [-0.15, -0.1) is 0 Å². The van der Waals surface area contributed by atoms with Gasteiger partial charge in [0.15, 0.2) is 6.61 Å². The number of carbonyl (C=O) groups is 3. The molecule has 0 aliphatic heterocycles. The Morgan fingerprint density at radius 1 is 1.17 bits per heavy atom. The van der Waals surface area contributed by atoms with E-state index in [0.29, 0.717) is 11.4 Å². The van der Waals surface area contributed by atoms with Crippen LogP contribution < -0.4 is 10.1 Å². The molecule has 0 spiro atoms. The molecule has 0 aliphatic carbocycles. The molecule has 1 aromatic carbocycles. The van der Waals surface area contributed by atoms with Crippen LogP contribution in [0.4, 0.5) is 5.69 Å². The minimum Gasteiger partial charge on any atom is -0.497 e. The molecule has 0 bridgehead atoms. The highest BCUT2D eigenvalue weighted by atomic mass is 16.6. The quantitative estimate of drug-likeness (QED) is 0.690. The molecule has 8 nitrogen and oxygen atoms in total. The van der Waals surface area contributed by atoms with Gasteiger partial charge in [0.25, 0.3) is 5.91 Å². The van der Waals surface area contributed by atoms with Crippen molar-refractivity contribution in [3.05, 3.63) is 24.3 Å². The predicted molar refractivity (Wildman–Crippen MR) is 82.1 cm³/mol. The number of esters is 1. The van der Waals surface area contributed by atoms with Crippen LogP contribution in [-0.2, 0) is 23.9 Å². The Hall–Kier alpha value is -2.61. The second-order valence-corrected chi connectivity index (χ2v) is 4.62. The van der Waals surface area contributed by atoms with Gasteiger partial charge in [0.05, 0.1) is 13.7 Å². The van der Waals surface area contributed by atoms with Crippen molar-refractivity contribution in [1.29, 1.82) is 0 Å². The van der Waals surface area contributed by atoms with Crippen molar-refractivity contribution in [1.82, 2.24) is 4.90 Å². The molecule has 1 aromatic rings. The first-order valence-electron chi connectivity index (χ1n) is 6.78. The monoisotopic (exact) mass is 324 g/mol. The van der Waals surface area contributed by atoms with E-state index in [9.17, 15) is 14.4 Å². The molecule has 2 amide bonds. The number of methoxy groups -OCH3 is 2. The summed E-state index contributed by atoms with van der Waals surface area (Å²) in [4.78, 5) is 35.9. The maximum absolute atomic E-state index is 11.9. The Bertz CT molecular complexity index is 561. The van der Waals surface area contributed by atoms with Gasteiger partial charge in [-0.3, -0.25) is 9.59 Å². The zero-order valence-corrected chi connectivity index (χ0v) is 13.3. The van der Waals surface area contributed by atoms with E-state index in [1.54, 1.807) is 24.3 Å². The second-order valence-electron chi connectivity index (χ2n) is 4.62. The van der Waals surface area contributed by atoms with Gasteiger partial charge in [-0.25, -0.2) is 4.79 Å². The number of amides is 2. The van der Waals surface area contributed by atoms with E-state index in [4.69, 9.17) is 9.47 Å². The number of rotatable bonds is 8. The molecule has 0 aromatic heterocycles. The average molecular weight is 324 g/mol. The molecule has 23 heavy (non-hydrogen) atoms. The van der Waals surface area contributed by atoms with Crippen molar-refractivity contribution in [2.24, 2.45) is 0 Å². The Kier molecular flexibility index (Phi) is 7.55. The van der Waals surface area contributed by atoms with E-state index in [-0.39, 0.29) is 19.1 Å². The fraction of sp³-hybridized carbons (Fsp3) is 0.400. The minimum atomic E-state index is -0.643. The zero-order valence-electron chi connectivity index (χ0n) is 13.3. The van der Waals surface area contributed by atoms with E-state index < -0.39 is 18.5 Å². The molecule has 0 heterocycles. The minimum absolute atomic E-state index is 0.169. The number of nitrogens with one attached hydrogen (secondary N) is 1. The number of carbonyl (C=O) groups excluding carboxylic acids is 3. The molecular weight excluding hydrogens is 304 g/mol. The summed E-state index contributed by atoms with van der Waals surface area (Å²) in [6.07, 6.45) is 0. The summed E-state index contributed by atoms with van der Waals surface area (Å²) in [5, 5.41) is 2.65. The summed E-state index contributed by atoms with van der Waals surface area (Å²) in [6, 6.07) is 6.85. The number of benzene rings is 1. The first-order valence-corrected chi connectivity index (χ1v) is 6.78. The molecule has 0 atom stereocenters. The first kappa shape index (κ1) is 18.4. The van der Waals surface area contributed by atoms with Crippen LogP contribution in [0.5, 0.6) is 5.75 Å². The molecule has 126 valence electrons. The van der Waals surface area contributed by atoms with Crippen LogP contribution in [-0.4, -0.2) is 63.7 Å². The Balaban J connectivity index is 2.43. The van der Waals surface area contributed by atoms with Crippen molar-refractivity contribution in [3.8, 4) is 5.75 Å². The van der Waals surface area contributed by atoms with E-state index in [2.05, 4.69) is 10.1 Å². The van der Waals surface area contributed by atoms with Crippen molar-refractivity contribution in [2.45, 2.75) is 0 Å². The van der Waals surface area contributed by atoms with E-state index in [1.807, 2.05) is 0 Å². The van der Waals surface area contributed by atoms with E-state index in [0.717, 1.165) is 4.90 Å². The van der Waals surface area contributed by atoms with Crippen LogP contribution in [0.3, 0.4) is 0 Å². The van der Waals surface area contributed by atoms with Gasteiger partial charge in [0.1, 0.15) is 12.4 Å². The van der Waals surface area contributed by atoms with Gasteiger partial charge in [0, 0.05) is 25.9 Å². The molecule has 0 saturated carbocycles. The van der Waals surface area contributed by atoms with Crippen LogP contribution in [0.25, 0.3) is 0 Å². The number of anilines is 1. The Labute approximate surface area is 134 Å². The average Bonchev–Trinajstić information content (AvgIpc) is 2.52. The zero-order chi connectivity index (χ0) is 17.2. The summed E-state index contributed by atoms with van der Waals surface area (Å²) in [5.41, 5.74) is 0.557. The fourth-order valence-electron chi connectivity index (χ4n) is 1.62. The molecular formula is C15H20N2O6. The normalized spacial score (nSPS) is 9.87. The Morgan fingerprint density at radius 2 is 1.91 bits per heavy atom. The third-order valence-corrected chi connectivity index (χ3v) is 2.78. The van der Waals surface area contributed by atoms with E-state index in [1.165, 1.54) is 21.3 Å². The fourth-order valence-corrected chi connectivity index (χ4v) is 1.62. The standard InChI is InChI=1S/C15H20N2O6/c1-17(14(19)9-23-15(20)10-21-2)8-13(18)16-11-5-4-6-12(7-11)22-3/h4-7H,8-10H2,1-3H3,(H,16,18). The van der Waals surface area contributed by atoms with Gasteiger partial charge in [-0.05, 0) is 12.1 Å². The van der Waals surface area contributed by atoms with Crippen LogP contribution in [0, 0.1) is 0 Å². The summed E-state index contributed by atoms with van der Waals surface area (Å²) in [5.74, 6) is -0.903. The third kappa shape index (κ3) is 6.79. The lowest BCUT2D eigenvalue weighted by Crippen LogP contribution is -2.37. The molecule has 0 saturated heterocycles. The maximum atomic E-state index is 11.9. The largest absolute Gasteiger partial charge is 0.497 e. The molecule has 0 radical (unpaired) electrons. The number of nitrogens with zero attached hydrogens (tertiary/aromatic N) is 1. The van der Waals surface area contributed by atoms with Gasteiger partial charge < -0.3 is 24.4 Å². The van der Waals surface area contributed by atoms with Crippen LogP contribution in [0.1, 0.15) is 0 Å². The maximum Gasteiger partial charge on any atom is 0.332 e. The number of likely N-dealkylation sites (N-methyl/N-ethyl adjacent to an activating group) is 1. The van der Waals surface area contributed by atoms with Crippen LogP contribution in [0.15, 0.2) is 24.3 Å². The highest BCUT2D eigenvalue weighted by Crippen LogP contribution is 2.16. The summed E-state index contributed by atoms with van der Waals surface area (Å²) in [6.45, 7) is -0.837. The smallest absolute Gasteiger partial charge is 0.332 e. The number of ether oxygens (including phenoxy) is 3. The van der Waals surface area contributed by atoms with Gasteiger partial charge >= 0.3 is 5.97 Å². The topological polar surface area (TPSA) is 94.2 Å². The molecule has 1 rings (SSSR count). The lowest BCUT2D eigenvalue weighted by molar-refractivity contribution is -0.154. The van der Waals surface area contributed by atoms with Crippen molar-refractivity contribution < 1.29 is 28.6 Å².